The molecule has 82 valence electrons. The van der Waals surface area contributed by atoms with Crippen molar-refractivity contribution >= 4 is 43.7 Å². The molecule has 0 atom stereocenters. The third kappa shape index (κ3) is 8.50. The van der Waals surface area contributed by atoms with Crippen LogP contribution in [-0.2, 0) is 9.59 Å². The predicted molar refractivity (Wildman–Crippen MR) is 62.8 cm³/mol. The van der Waals surface area contributed by atoms with Crippen LogP contribution in [0, 0.1) is 0 Å². The van der Waals surface area contributed by atoms with Crippen LogP contribution >= 0.6 is 31.9 Å². The molecule has 0 aromatic heterocycles. The van der Waals surface area contributed by atoms with Crippen molar-refractivity contribution in [1.82, 2.24) is 10.6 Å². The molecular formula is C8H14Br2N2O2. The molecule has 0 aliphatic heterocycles. The Bertz CT molecular complexity index is 168. The number of halogens is 2. The van der Waals surface area contributed by atoms with E-state index in [1.165, 1.54) is 0 Å². The number of rotatable bonds is 7. The summed E-state index contributed by atoms with van der Waals surface area (Å²) in [5.41, 5.74) is 0. The minimum absolute atomic E-state index is 0.00510. The van der Waals surface area contributed by atoms with Crippen molar-refractivity contribution in [2.45, 2.75) is 12.8 Å². The number of carbonyl (C=O) groups is 2. The molecule has 0 saturated carbocycles. The normalized spacial score (nSPS) is 9.57. The molecule has 0 heterocycles. The van der Waals surface area contributed by atoms with Crippen molar-refractivity contribution in [3.8, 4) is 0 Å². The summed E-state index contributed by atoms with van der Waals surface area (Å²) in [5, 5.41) is 6.13. The second-order valence-corrected chi connectivity index (χ2v) is 3.80. The lowest BCUT2D eigenvalue weighted by Gasteiger charge is -2.04. The third-order valence-corrected chi connectivity index (χ3v) is 2.51. The molecule has 0 aliphatic carbocycles. The van der Waals surface area contributed by atoms with Gasteiger partial charge in [-0.3, -0.25) is 9.59 Å². The maximum Gasteiger partial charge on any atom is 0.230 e. The minimum Gasteiger partial charge on any atom is -0.355 e. The Hall–Kier alpha value is -0.100. The summed E-state index contributed by atoms with van der Waals surface area (Å²) in [7, 11) is 0. The van der Waals surface area contributed by atoms with Crippen molar-refractivity contribution in [3.05, 3.63) is 0 Å². The van der Waals surface area contributed by atoms with E-state index >= 15 is 0 Å². The van der Waals surface area contributed by atoms with Gasteiger partial charge in [-0.05, 0) is 12.8 Å². The summed E-state index contributed by atoms with van der Waals surface area (Å²) in [6.07, 6.45) is 1.75. The Labute approximate surface area is 100 Å². The maximum atomic E-state index is 10.8. The van der Waals surface area contributed by atoms with Crippen LogP contribution in [0.2, 0.25) is 0 Å². The van der Waals surface area contributed by atoms with Gasteiger partial charge in [-0.15, -0.1) is 0 Å². The lowest BCUT2D eigenvalue weighted by atomic mass is 10.3. The number of carbonyl (C=O) groups excluding carboxylic acids is 2. The zero-order valence-corrected chi connectivity index (χ0v) is 11.0. The number of alkyl halides is 2. The molecule has 0 unspecified atom stereocenters. The smallest absolute Gasteiger partial charge is 0.230 e. The maximum absolute atomic E-state index is 10.8. The van der Waals surface area contributed by atoms with Crippen LogP contribution < -0.4 is 10.6 Å². The van der Waals surface area contributed by atoms with Gasteiger partial charge in [0.1, 0.15) is 0 Å². The van der Waals surface area contributed by atoms with E-state index in [9.17, 15) is 9.59 Å². The first kappa shape index (κ1) is 13.9. The van der Waals surface area contributed by atoms with E-state index in [2.05, 4.69) is 42.5 Å². The van der Waals surface area contributed by atoms with Crippen molar-refractivity contribution in [1.29, 1.82) is 0 Å². The molecule has 0 saturated heterocycles. The Morgan fingerprint density at radius 2 is 1.21 bits per heavy atom. The average molecular weight is 330 g/mol. The molecule has 0 radical (unpaired) electrons. The van der Waals surface area contributed by atoms with Crippen LogP contribution in [-0.4, -0.2) is 35.6 Å². The molecule has 0 aliphatic rings. The van der Waals surface area contributed by atoms with Gasteiger partial charge in [-0.25, -0.2) is 0 Å². The monoisotopic (exact) mass is 328 g/mol. The second-order valence-electron chi connectivity index (χ2n) is 2.67. The van der Waals surface area contributed by atoms with Crippen molar-refractivity contribution in [2.24, 2.45) is 0 Å². The highest BCUT2D eigenvalue weighted by atomic mass is 79.9. The van der Waals surface area contributed by atoms with Gasteiger partial charge in [0.05, 0.1) is 10.7 Å². The molecule has 0 bridgehead atoms. The quantitative estimate of drug-likeness (QED) is 0.536. The zero-order chi connectivity index (χ0) is 10.8. The second kappa shape index (κ2) is 9.45. The van der Waals surface area contributed by atoms with E-state index < -0.39 is 0 Å². The van der Waals surface area contributed by atoms with Crippen molar-refractivity contribution < 1.29 is 9.59 Å². The van der Waals surface area contributed by atoms with Gasteiger partial charge in [0.15, 0.2) is 0 Å². The first-order chi connectivity index (χ1) is 6.70. The Kier molecular flexibility index (Phi) is 9.39. The van der Waals surface area contributed by atoms with Crippen molar-refractivity contribution in [2.75, 3.05) is 23.7 Å². The Morgan fingerprint density at radius 3 is 1.50 bits per heavy atom. The topological polar surface area (TPSA) is 58.2 Å². The number of unbranched alkanes of at least 4 members (excludes halogenated alkanes) is 1. The molecular weight excluding hydrogens is 316 g/mol. The van der Waals surface area contributed by atoms with Crippen LogP contribution in [0.15, 0.2) is 0 Å². The number of amides is 2. The largest absolute Gasteiger partial charge is 0.355 e. The molecule has 2 N–H and O–H groups in total. The molecule has 0 rings (SSSR count). The summed E-state index contributed by atoms with van der Waals surface area (Å²) in [6, 6.07) is 0. The zero-order valence-electron chi connectivity index (χ0n) is 7.82. The van der Waals surface area contributed by atoms with Crippen LogP contribution in [0.1, 0.15) is 12.8 Å². The van der Waals surface area contributed by atoms with Crippen LogP contribution in [0.5, 0.6) is 0 Å². The lowest BCUT2D eigenvalue weighted by molar-refractivity contribution is -0.119. The van der Waals surface area contributed by atoms with Gasteiger partial charge in [-0.2, -0.15) is 0 Å². The van der Waals surface area contributed by atoms with Gasteiger partial charge in [-0.1, -0.05) is 31.9 Å². The van der Waals surface area contributed by atoms with Gasteiger partial charge >= 0.3 is 0 Å². The Balaban J connectivity index is 3.14. The molecule has 4 nitrogen and oxygen atoms in total. The van der Waals surface area contributed by atoms with Gasteiger partial charge in [0.2, 0.25) is 11.8 Å². The molecule has 6 heteroatoms. The predicted octanol–water partition coefficient (Wildman–Crippen LogP) is 0.789. The fourth-order valence-electron chi connectivity index (χ4n) is 0.800. The first-order valence-corrected chi connectivity index (χ1v) is 6.60. The lowest BCUT2D eigenvalue weighted by Crippen LogP contribution is -2.28. The van der Waals surface area contributed by atoms with Crippen LogP contribution in [0.25, 0.3) is 0 Å². The summed E-state index contributed by atoms with van der Waals surface area (Å²) in [6.45, 7) is 1.32. The molecule has 0 fully saturated rings. The Morgan fingerprint density at radius 1 is 0.857 bits per heavy atom. The van der Waals surface area contributed by atoms with Gasteiger partial charge in [0, 0.05) is 13.1 Å². The fourth-order valence-corrected chi connectivity index (χ4v) is 1.20. The van der Waals surface area contributed by atoms with E-state index in [1.54, 1.807) is 0 Å². The highest BCUT2D eigenvalue weighted by Crippen LogP contribution is 1.87. The van der Waals surface area contributed by atoms with Crippen molar-refractivity contribution in [3.63, 3.8) is 0 Å². The first-order valence-electron chi connectivity index (χ1n) is 4.36. The number of hydrogen-bond donors (Lipinski definition) is 2. The van der Waals surface area contributed by atoms with E-state index in [4.69, 9.17) is 0 Å². The standard InChI is InChI=1S/C8H14Br2N2O2/c9-5-7(13)11-3-1-2-4-12-8(14)6-10/h1-6H2,(H,11,13)(H,12,14). The van der Waals surface area contributed by atoms with Crippen LogP contribution in [0.3, 0.4) is 0 Å². The van der Waals surface area contributed by atoms with E-state index in [-0.39, 0.29) is 11.8 Å². The summed E-state index contributed by atoms with van der Waals surface area (Å²) < 4.78 is 0. The molecule has 14 heavy (non-hydrogen) atoms. The summed E-state index contributed by atoms with van der Waals surface area (Å²) >= 11 is 6.10. The number of nitrogens with one attached hydrogen (secondary N) is 2. The molecule has 0 aromatic carbocycles. The SMILES string of the molecule is O=C(CBr)NCCCCNC(=O)CBr. The van der Waals surface area contributed by atoms with Gasteiger partial charge < -0.3 is 10.6 Å². The van der Waals surface area contributed by atoms with E-state index in [1.807, 2.05) is 0 Å². The van der Waals surface area contributed by atoms with E-state index in [0.29, 0.717) is 23.7 Å². The minimum atomic E-state index is -0.00510. The van der Waals surface area contributed by atoms with Gasteiger partial charge in [0.25, 0.3) is 0 Å². The molecule has 0 aromatic rings. The average Bonchev–Trinajstić information content (AvgIpc) is 2.22. The number of hydrogen-bond acceptors (Lipinski definition) is 2. The fraction of sp³-hybridized carbons (Fsp3) is 0.750. The summed E-state index contributed by atoms with van der Waals surface area (Å²) in [4.78, 5) is 21.5. The third-order valence-electron chi connectivity index (χ3n) is 1.49. The van der Waals surface area contributed by atoms with Crippen LogP contribution in [0.4, 0.5) is 0 Å². The molecule has 2 amide bonds. The van der Waals surface area contributed by atoms with E-state index in [0.717, 1.165) is 12.8 Å². The highest BCUT2D eigenvalue weighted by Gasteiger charge is 1.97. The highest BCUT2D eigenvalue weighted by molar-refractivity contribution is 9.09. The summed E-state index contributed by atoms with van der Waals surface area (Å²) in [5.74, 6) is -0.0102. The molecule has 0 spiro atoms.